The number of rotatable bonds is 6. The third-order valence-electron chi connectivity index (χ3n) is 4.12. The number of nitrogens with one attached hydrogen (secondary N) is 1. The highest BCUT2D eigenvalue weighted by Crippen LogP contribution is 2.15. The fraction of sp³-hybridized carbons (Fsp3) is 0.200. The number of carbonyl (C=O) groups is 1. The summed E-state index contributed by atoms with van der Waals surface area (Å²) in [6.45, 7) is 2.73. The Morgan fingerprint density at radius 3 is 2.46 bits per heavy atom. The van der Waals surface area contributed by atoms with Crippen LogP contribution in [0.2, 0.25) is 0 Å². The number of anilines is 2. The Morgan fingerprint density at radius 1 is 1.08 bits per heavy atom. The molecule has 6 heteroatoms. The van der Waals surface area contributed by atoms with Gasteiger partial charge in [-0.3, -0.25) is 9.78 Å². The molecule has 2 aromatic heterocycles. The number of benzene rings is 1. The van der Waals surface area contributed by atoms with Crippen LogP contribution >= 0.6 is 0 Å². The highest BCUT2D eigenvalue weighted by atomic mass is 16.1. The molecule has 1 aromatic carbocycles. The summed E-state index contributed by atoms with van der Waals surface area (Å²) in [6.07, 6.45) is 7.55. The summed E-state index contributed by atoms with van der Waals surface area (Å²) >= 11 is 0. The summed E-state index contributed by atoms with van der Waals surface area (Å²) in [5, 5.41) is 2.88. The van der Waals surface area contributed by atoms with Crippen LogP contribution in [0.5, 0.6) is 0 Å². The smallest absolute Gasteiger partial charge is 0.258 e. The zero-order valence-electron chi connectivity index (χ0n) is 14.9. The molecule has 0 aliphatic carbocycles. The van der Waals surface area contributed by atoms with Gasteiger partial charge in [0.15, 0.2) is 0 Å². The molecule has 0 bridgehead atoms. The number of amides is 1. The molecule has 0 saturated heterocycles. The van der Waals surface area contributed by atoms with Gasteiger partial charge in [0, 0.05) is 44.1 Å². The van der Waals surface area contributed by atoms with Crippen molar-refractivity contribution >= 4 is 17.5 Å². The van der Waals surface area contributed by atoms with Gasteiger partial charge in [-0.2, -0.15) is 0 Å². The topological polar surface area (TPSA) is 71.0 Å². The number of carbonyl (C=O) groups excluding carboxylic acids is 1. The van der Waals surface area contributed by atoms with E-state index in [2.05, 4.69) is 20.3 Å². The van der Waals surface area contributed by atoms with Crippen molar-refractivity contribution in [1.29, 1.82) is 0 Å². The Hall–Kier alpha value is -3.28. The molecule has 132 valence electrons. The lowest BCUT2D eigenvalue weighted by atomic mass is 10.2. The number of aryl methyl sites for hydroxylation is 1. The number of hydrogen-bond donors (Lipinski definition) is 1. The van der Waals surface area contributed by atoms with Gasteiger partial charge in [-0.15, -0.1) is 0 Å². The van der Waals surface area contributed by atoms with Gasteiger partial charge in [-0.25, -0.2) is 9.97 Å². The van der Waals surface area contributed by atoms with E-state index in [4.69, 9.17) is 0 Å². The summed E-state index contributed by atoms with van der Waals surface area (Å²) in [6, 6.07) is 11.6. The lowest BCUT2D eigenvalue weighted by molar-refractivity contribution is 0.102. The molecule has 0 aliphatic heterocycles. The van der Waals surface area contributed by atoms with Crippen LogP contribution in [0.1, 0.15) is 21.5 Å². The van der Waals surface area contributed by atoms with Crippen molar-refractivity contribution in [2.45, 2.75) is 13.3 Å². The number of nitrogens with zero attached hydrogens (tertiary/aromatic N) is 4. The minimum Gasteiger partial charge on any atom is -0.344 e. The van der Waals surface area contributed by atoms with Gasteiger partial charge in [0.2, 0.25) is 5.95 Å². The molecule has 6 nitrogen and oxygen atoms in total. The van der Waals surface area contributed by atoms with Gasteiger partial charge in [-0.05, 0) is 42.7 Å². The van der Waals surface area contributed by atoms with Crippen LogP contribution in [0.4, 0.5) is 11.6 Å². The molecule has 1 N–H and O–H groups in total. The van der Waals surface area contributed by atoms with Crippen LogP contribution in [0.3, 0.4) is 0 Å². The fourth-order valence-electron chi connectivity index (χ4n) is 2.49. The lowest BCUT2D eigenvalue weighted by Gasteiger charge is -2.17. The second-order valence-electron chi connectivity index (χ2n) is 6.07. The van der Waals surface area contributed by atoms with Crippen LogP contribution in [0.25, 0.3) is 0 Å². The monoisotopic (exact) mass is 347 g/mol. The van der Waals surface area contributed by atoms with Gasteiger partial charge < -0.3 is 10.2 Å². The molecule has 0 spiro atoms. The zero-order valence-corrected chi connectivity index (χ0v) is 14.9. The Bertz CT molecular complexity index is 865. The maximum absolute atomic E-state index is 12.3. The molecular formula is C20H21N5O. The Labute approximate surface area is 153 Å². The predicted octanol–water partition coefficient (Wildman–Crippen LogP) is 3.11. The summed E-state index contributed by atoms with van der Waals surface area (Å²) in [5.41, 5.74) is 3.44. The third kappa shape index (κ3) is 4.42. The van der Waals surface area contributed by atoms with Crippen molar-refractivity contribution in [1.82, 2.24) is 15.0 Å². The summed E-state index contributed by atoms with van der Waals surface area (Å²) in [7, 11) is 1.93. The first-order valence-corrected chi connectivity index (χ1v) is 8.42. The van der Waals surface area contributed by atoms with E-state index in [0.29, 0.717) is 11.5 Å². The van der Waals surface area contributed by atoms with Crippen molar-refractivity contribution in [2.24, 2.45) is 0 Å². The van der Waals surface area contributed by atoms with Gasteiger partial charge in [0.1, 0.15) is 0 Å². The quantitative estimate of drug-likeness (QED) is 0.742. The van der Waals surface area contributed by atoms with Crippen molar-refractivity contribution in [3.05, 3.63) is 77.9 Å². The maximum Gasteiger partial charge on any atom is 0.258 e. The van der Waals surface area contributed by atoms with E-state index in [1.165, 1.54) is 5.56 Å². The highest BCUT2D eigenvalue weighted by molar-refractivity contribution is 6.04. The zero-order chi connectivity index (χ0) is 18.4. The van der Waals surface area contributed by atoms with E-state index in [1.807, 2.05) is 55.3 Å². The minimum atomic E-state index is -0.217. The van der Waals surface area contributed by atoms with Crippen molar-refractivity contribution in [2.75, 3.05) is 23.8 Å². The maximum atomic E-state index is 12.3. The largest absolute Gasteiger partial charge is 0.344 e. The minimum absolute atomic E-state index is 0.217. The highest BCUT2D eigenvalue weighted by Gasteiger charge is 2.10. The van der Waals surface area contributed by atoms with Crippen LogP contribution in [0, 0.1) is 6.92 Å². The fourth-order valence-corrected chi connectivity index (χ4v) is 2.49. The van der Waals surface area contributed by atoms with Crippen molar-refractivity contribution in [3.8, 4) is 0 Å². The first-order valence-electron chi connectivity index (χ1n) is 8.42. The number of aromatic nitrogens is 3. The number of pyridine rings is 1. The second-order valence-corrected chi connectivity index (χ2v) is 6.07. The molecule has 0 saturated carbocycles. The van der Waals surface area contributed by atoms with E-state index in [0.717, 1.165) is 24.2 Å². The van der Waals surface area contributed by atoms with Crippen molar-refractivity contribution < 1.29 is 4.79 Å². The Balaban J connectivity index is 1.60. The Morgan fingerprint density at radius 2 is 1.77 bits per heavy atom. The van der Waals surface area contributed by atoms with E-state index in [1.54, 1.807) is 24.8 Å². The summed E-state index contributed by atoms with van der Waals surface area (Å²) in [4.78, 5) is 27.0. The molecule has 3 aromatic rings. The third-order valence-corrected chi connectivity index (χ3v) is 4.12. The van der Waals surface area contributed by atoms with E-state index < -0.39 is 0 Å². The number of para-hydroxylation sites is 1. The molecular weight excluding hydrogens is 326 g/mol. The van der Waals surface area contributed by atoms with Crippen molar-refractivity contribution in [3.63, 3.8) is 0 Å². The Kier molecular flexibility index (Phi) is 5.53. The molecule has 26 heavy (non-hydrogen) atoms. The number of hydrogen-bond acceptors (Lipinski definition) is 5. The molecule has 0 unspecified atom stereocenters. The second kappa shape index (κ2) is 8.20. The van der Waals surface area contributed by atoms with Crippen LogP contribution in [-0.2, 0) is 6.42 Å². The molecule has 0 atom stereocenters. The first-order chi connectivity index (χ1) is 12.6. The average Bonchev–Trinajstić information content (AvgIpc) is 2.69. The SMILES string of the molecule is Cc1ccccc1NC(=O)c1cnc(N(C)CCc2ccncc2)nc1. The van der Waals surface area contributed by atoms with Gasteiger partial charge in [0.25, 0.3) is 5.91 Å². The summed E-state index contributed by atoms with van der Waals surface area (Å²) < 4.78 is 0. The summed E-state index contributed by atoms with van der Waals surface area (Å²) in [5.74, 6) is 0.372. The predicted molar refractivity (Wildman–Crippen MR) is 102 cm³/mol. The van der Waals surface area contributed by atoms with Gasteiger partial charge in [-0.1, -0.05) is 18.2 Å². The molecule has 1 amide bonds. The molecule has 0 fully saturated rings. The average molecular weight is 347 g/mol. The van der Waals surface area contributed by atoms with Gasteiger partial charge in [0.05, 0.1) is 5.56 Å². The van der Waals surface area contributed by atoms with Crippen LogP contribution in [0.15, 0.2) is 61.2 Å². The molecule has 3 rings (SSSR count). The van der Waals surface area contributed by atoms with Crippen LogP contribution < -0.4 is 10.2 Å². The number of likely N-dealkylation sites (N-methyl/N-ethyl adjacent to an activating group) is 1. The first kappa shape index (κ1) is 17.5. The molecule has 2 heterocycles. The van der Waals surface area contributed by atoms with Gasteiger partial charge >= 0.3 is 0 Å². The van der Waals surface area contributed by atoms with Crippen LogP contribution in [-0.4, -0.2) is 34.5 Å². The van der Waals surface area contributed by atoms with E-state index >= 15 is 0 Å². The normalized spacial score (nSPS) is 10.4. The standard InChI is InChI=1S/C20H21N5O/c1-15-5-3-4-6-18(15)24-19(26)17-13-22-20(23-14-17)25(2)12-9-16-7-10-21-11-8-16/h3-8,10-11,13-14H,9,12H2,1-2H3,(H,24,26). The van der Waals surface area contributed by atoms with E-state index in [9.17, 15) is 4.79 Å². The lowest BCUT2D eigenvalue weighted by Crippen LogP contribution is -2.23. The van der Waals surface area contributed by atoms with E-state index in [-0.39, 0.29) is 5.91 Å². The molecule has 0 radical (unpaired) electrons. The molecule has 0 aliphatic rings.